The Bertz CT molecular complexity index is 1050. The zero-order chi connectivity index (χ0) is 18.8. The van der Waals surface area contributed by atoms with Crippen LogP contribution >= 0.6 is 11.3 Å². The Kier molecular flexibility index (Phi) is 5.13. The number of carbonyl (C=O) groups is 1. The minimum absolute atomic E-state index is 0.169. The first-order chi connectivity index (χ1) is 12.4. The maximum atomic E-state index is 12.5. The van der Waals surface area contributed by atoms with Crippen molar-refractivity contribution in [2.75, 3.05) is 14.2 Å². The third-order valence-corrected chi connectivity index (χ3v) is 5.52. The zero-order valence-electron chi connectivity index (χ0n) is 15.6. The Hall–Kier alpha value is -2.60. The lowest BCUT2D eigenvalue weighted by atomic mass is 10.0. The van der Waals surface area contributed by atoms with Gasteiger partial charge < -0.3 is 14.0 Å². The first-order valence-electron chi connectivity index (χ1n) is 8.28. The van der Waals surface area contributed by atoms with Gasteiger partial charge in [-0.15, -0.1) is 0 Å². The SMILES string of the molecule is COc1ccc(OC)c2c1sc(=NC(=O)Cc1ccc(C)cc1C)n2C. The molecular weight excluding hydrogens is 348 g/mol. The Balaban J connectivity index is 2.04. The van der Waals surface area contributed by atoms with E-state index in [1.165, 1.54) is 16.9 Å². The molecule has 0 saturated heterocycles. The first kappa shape index (κ1) is 18.2. The highest BCUT2D eigenvalue weighted by Gasteiger charge is 2.14. The van der Waals surface area contributed by atoms with Gasteiger partial charge in [0.05, 0.1) is 20.6 Å². The van der Waals surface area contributed by atoms with Gasteiger partial charge in [-0.1, -0.05) is 35.1 Å². The second-order valence-electron chi connectivity index (χ2n) is 6.20. The van der Waals surface area contributed by atoms with Crippen LogP contribution < -0.4 is 14.3 Å². The average Bonchev–Trinajstić information content (AvgIpc) is 2.93. The van der Waals surface area contributed by atoms with E-state index in [4.69, 9.17) is 9.47 Å². The number of benzene rings is 2. The van der Waals surface area contributed by atoms with Crippen molar-refractivity contribution >= 4 is 27.5 Å². The quantitative estimate of drug-likeness (QED) is 0.706. The molecule has 0 radical (unpaired) electrons. The van der Waals surface area contributed by atoms with Crippen molar-refractivity contribution in [3.05, 3.63) is 51.8 Å². The topological polar surface area (TPSA) is 52.8 Å². The Morgan fingerprint density at radius 3 is 2.46 bits per heavy atom. The van der Waals surface area contributed by atoms with Gasteiger partial charge in [0.2, 0.25) is 0 Å². The summed E-state index contributed by atoms with van der Waals surface area (Å²) in [7, 11) is 5.13. The van der Waals surface area contributed by atoms with E-state index in [-0.39, 0.29) is 12.3 Å². The lowest BCUT2D eigenvalue weighted by Gasteiger charge is -2.06. The number of aromatic nitrogens is 1. The molecule has 1 heterocycles. The number of hydrogen-bond donors (Lipinski definition) is 0. The third-order valence-electron chi connectivity index (χ3n) is 4.37. The van der Waals surface area contributed by atoms with Gasteiger partial charge in [-0.05, 0) is 37.1 Å². The van der Waals surface area contributed by atoms with Gasteiger partial charge in [-0.2, -0.15) is 4.99 Å². The van der Waals surface area contributed by atoms with Crippen molar-refractivity contribution in [3.63, 3.8) is 0 Å². The summed E-state index contributed by atoms with van der Waals surface area (Å²) < 4.78 is 13.7. The molecule has 0 atom stereocenters. The fraction of sp³-hybridized carbons (Fsp3) is 0.300. The summed E-state index contributed by atoms with van der Waals surface area (Å²) in [5.41, 5.74) is 4.17. The molecule has 0 aliphatic carbocycles. The fourth-order valence-electron chi connectivity index (χ4n) is 2.98. The summed E-state index contributed by atoms with van der Waals surface area (Å²) >= 11 is 1.42. The monoisotopic (exact) mass is 370 g/mol. The number of amides is 1. The molecule has 136 valence electrons. The van der Waals surface area contributed by atoms with Crippen LogP contribution in [0.2, 0.25) is 0 Å². The summed E-state index contributed by atoms with van der Waals surface area (Å²) in [6, 6.07) is 9.81. The van der Waals surface area contributed by atoms with Crippen LogP contribution in [0.25, 0.3) is 10.2 Å². The van der Waals surface area contributed by atoms with Crippen molar-refractivity contribution in [1.82, 2.24) is 4.57 Å². The number of nitrogens with zero attached hydrogens (tertiary/aromatic N) is 2. The molecule has 1 aromatic heterocycles. The maximum Gasteiger partial charge on any atom is 0.252 e. The maximum absolute atomic E-state index is 12.5. The van der Waals surface area contributed by atoms with E-state index in [0.29, 0.717) is 4.80 Å². The molecule has 1 amide bonds. The molecule has 0 unspecified atom stereocenters. The second-order valence-corrected chi connectivity index (χ2v) is 7.18. The Labute approximate surface area is 156 Å². The predicted octanol–water partition coefficient (Wildman–Crippen LogP) is 3.54. The van der Waals surface area contributed by atoms with E-state index in [0.717, 1.165) is 32.8 Å². The summed E-state index contributed by atoms with van der Waals surface area (Å²) in [5.74, 6) is 1.30. The molecule has 0 fully saturated rings. The lowest BCUT2D eigenvalue weighted by Crippen LogP contribution is -2.14. The van der Waals surface area contributed by atoms with Gasteiger partial charge in [0.25, 0.3) is 5.91 Å². The van der Waals surface area contributed by atoms with Crippen LogP contribution in [0.1, 0.15) is 16.7 Å². The summed E-state index contributed by atoms with van der Waals surface area (Å²) in [4.78, 5) is 17.5. The molecule has 0 N–H and O–H groups in total. The molecular formula is C20H22N2O3S. The van der Waals surface area contributed by atoms with Gasteiger partial charge in [-0.3, -0.25) is 4.79 Å². The zero-order valence-corrected chi connectivity index (χ0v) is 16.4. The van der Waals surface area contributed by atoms with Crippen LogP contribution in [0.5, 0.6) is 11.5 Å². The van der Waals surface area contributed by atoms with Crippen molar-refractivity contribution in [2.45, 2.75) is 20.3 Å². The number of methoxy groups -OCH3 is 2. The van der Waals surface area contributed by atoms with Crippen molar-refractivity contribution < 1.29 is 14.3 Å². The van der Waals surface area contributed by atoms with Crippen molar-refractivity contribution in [2.24, 2.45) is 12.0 Å². The Morgan fingerprint density at radius 1 is 1.12 bits per heavy atom. The van der Waals surface area contributed by atoms with Gasteiger partial charge in [0.1, 0.15) is 21.7 Å². The van der Waals surface area contributed by atoms with Gasteiger partial charge in [-0.25, -0.2) is 0 Å². The highest BCUT2D eigenvalue weighted by Crippen LogP contribution is 2.34. The van der Waals surface area contributed by atoms with E-state index in [9.17, 15) is 4.79 Å². The van der Waals surface area contributed by atoms with Gasteiger partial charge in [0, 0.05) is 7.05 Å². The predicted molar refractivity (Wildman–Crippen MR) is 104 cm³/mol. The Morgan fingerprint density at radius 2 is 1.81 bits per heavy atom. The normalized spacial score (nSPS) is 11.8. The summed E-state index contributed by atoms with van der Waals surface area (Å²) in [6.45, 7) is 4.06. The first-order valence-corrected chi connectivity index (χ1v) is 9.10. The van der Waals surface area contributed by atoms with Crippen LogP contribution in [0.4, 0.5) is 0 Å². The largest absolute Gasteiger partial charge is 0.495 e. The van der Waals surface area contributed by atoms with E-state index in [2.05, 4.69) is 11.1 Å². The molecule has 2 aromatic carbocycles. The van der Waals surface area contributed by atoms with Crippen LogP contribution in [0, 0.1) is 13.8 Å². The number of rotatable bonds is 4. The minimum atomic E-state index is -0.169. The summed E-state index contributed by atoms with van der Waals surface area (Å²) in [6.07, 6.45) is 0.286. The molecule has 3 rings (SSSR count). The molecule has 3 aromatic rings. The number of hydrogen-bond acceptors (Lipinski definition) is 4. The average molecular weight is 370 g/mol. The molecule has 5 nitrogen and oxygen atoms in total. The van der Waals surface area contributed by atoms with Crippen molar-refractivity contribution in [3.8, 4) is 11.5 Å². The van der Waals surface area contributed by atoms with Crippen LogP contribution in [-0.4, -0.2) is 24.7 Å². The van der Waals surface area contributed by atoms with Crippen LogP contribution in [0.3, 0.4) is 0 Å². The lowest BCUT2D eigenvalue weighted by molar-refractivity contribution is -0.117. The molecule has 0 aliphatic rings. The van der Waals surface area contributed by atoms with Crippen LogP contribution in [0.15, 0.2) is 35.3 Å². The van der Waals surface area contributed by atoms with Crippen molar-refractivity contribution in [1.29, 1.82) is 0 Å². The fourth-order valence-corrected chi connectivity index (χ4v) is 4.13. The molecule has 0 saturated carbocycles. The van der Waals surface area contributed by atoms with E-state index < -0.39 is 0 Å². The van der Waals surface area contributed by atoms with E-state index >= 15 is 0 Å². The highest BCUT2D eigenvalue weighted by molar-refractivity contribution is 7.16. The second kappa shape index (κ2) is 7.33. The number of aryl methyl sites for hydroxylation is 3. The minimum Gasteiger partial charge on any atom is -0.495 e. The van der Waals surface area contributed by atoms with E-state index in [1.54, 1.807) is 14.2 Å². The number of carbonyl (C=O) groups excluding carboxylic acids is 1. The number of ether oxygens (including phenoxy) is 2. The smallest absolute Gasteiger partial charge is 0.252 e. The number of thiazole rings is 1. The van der Waals surface area contributed by atoms with Gasteiger partial charge in [0.15, 0.2) is 4.80 Å². The third kappa shape index (κ3) is 3.37. The number of fused-ring (bicyclic) bond motifs is 1. The standard InChI is InChI=1S/C20H22N2O3S/c1-12-6-7-14(13(2)10-12)11-17(23)21-20-22(3)18-15(24-4)8-9-16(25-5)19(18)26-20/h6-10H,11H2,1-5H3. The molecule has 0 spiro atoms. The van der Waals surface area contributed by atoms with Gasteiger partial charge >= 0.3 is 0 Å². The highest BCUT2D eigenvalue weighted by atomic mass is 32.1. The molecule has 6 heteroatoms. The van der Waals surface area contributed by atoms with Crippen LogP contribution in [-0.2, 0) is 18.3 Å². The van der Waals surface area contributed by atoms with E-state index in [1.807, 2.05) is 49.7 Å². The molecule has 0 bridgehead atoms. The molecule has 0 aliphatic heterocycles. The molecule has 26 heavy (non-hydrogen) atoms. The summed E-state index contributed by atoms with van der Waals surface area (Å²) in [5, 5.41) is 0.